The quantitative estimate of drug-likeness (QED) is 0.328. The first kappa shape index (κ1) is 21.7. The largest absolute Gasteiger partial charge is 0.490 e. The number of nitrogens with zero attached hydrogens (tertiary/aromatic N) is 1. The molecule has 5 nitrogen and oxygen atoms in total. The van der Waals surface area contributed by atoms with Gasteiger partial charge >= 0.3 is 0 Å². The molecule has 1 heterocycles. The number of ether oxygens (including phenoxy) is 2. The van der Waals surface area contributed by atoms with Crippen LogP contribution in [0.15, 0.2) is 47.4 Å². The molecule has 0 unspecified atom stereocenters. The van der Waals surface area contributed by atoms with Gasteiger partial charge in [0.1, 0.15) is 0 Å². The molecule has 1 aliphatic heterocycles. The van der Waals surface area contributed by atoms with Crippen molar-refractivity contribution < 1.29 is 19.1 Å². The van der Waals surface area contributed by atoms with Crippen molar-refractivity contribution in [2.24, 2.45) is 0 Å². The van der Waals surface area contributed by atoms with Gasteiger partial charge in [0.15, 0.2) is 11.5 Å². The highest BCUT2D eigenvalue weighted by atomic mass is 127. The molecule has 1 fully saturated rings. The van der Waals surface area contributed by atoms with Crippen LogP contribution in [0.3, 0.4) is 0 Å². The Bertz CT molecular complexity index is 930. The van der Waals surface area contributed by atoms with Gasteiger partial charge < -0.3 is 9.47 Å². The number of hydrogen-bond donors (Lipinski definition) is 0. The minimum Gasteiger partial charge on any atom is -0.490 e. The Balaban J connectivity index is 1.85. The predicted octanol–water partition coefficient (Wildman–Crippen LogP) is 5.72. The van der Waals surface area contributed by atoms with Gasteiger partial charge in [-0.25, -0.2) is 0 Å². The second-order valence-corrected chi connectivity index (χ2v) is 8.52. The van der Waals surface area contributed by atoms with Gasteiger partial charge in [-0.15, -0.1) is 0 Å². The molecule has 29 heavy (non-hydrogen) atoms. The molecule has 0 aliphatic carbocycles. The van der Waals surface area contributed by atoms with Gasteiger partial charge in [-0.1, -0.05) is 37.3 Å². The van der Waals surface area contributed by atoms with E-state index in [0.29, 0.717) is 29.6 Å². The lowest BCUT2D eigenvalue weighted by molar-refractivity contribution is -0.123. The molecule has 2 aromatic rings. The van der Waals surface area contributed by atoms with Crippen LogP contribution in [-0.4, -0.2) is 29.3 Å². The molecule has 152 valence electrons. The number of carbonyl (C=O) groups is 2. The standard InChI is InChI=1S/C22H22INO4S/c1-3-10-28-20-17(23)11-16(12-18(20)27-4-2)13-19-21(25)24(22(26)29-19)14-15-8-6-5-7-9-15/h5-9,11-13H,3-4,10,14H2,1-2H3/b19-13-. The predicted molar refractivity (Wildman–Crippen MR) is 124 cm³/mol. The van der Waals surface area contributed by atoms with E-state index in [1.54, 1.807) is 6.08 Å². The molecule has 0 aromatic heterocycles. The van der Waals surface area contributed by atoms with E-state index in [4.69, 9.17) is 9.47 Å². The smallest absolute Gasteiger partial charge is 0.293 e. The number of carbonyl (C=O) groups excluding carboxylic acids is 2. The molecular weight excluding hydrogens is 501 g/mol. The minimum atomic E-state index is -0.275. The van der Waals surface area contributed by atoms with Crippen molar-refractivity contribution in [1.29, 1.82) is 0 Å². The summed E-state index contributed by atoms with van der Waals surface area (Å²) in [4.78, 5) is 26.9. The molecule has 3 rings (SSSR count). The van der Waals surface area contributed by atoms with Crippen molar-refractivity contribution in [2.75, 3.05) is 13.2 Å². The average Bonchev–Trinajstić information content (AvgIpc) is 2.96. The summed E-state index contributed by atoms with van der Waals surface area (Å²) < 4.78 is 12.5. The molecular formula is C22H22INO4S. The number of benzene rings is 2. The first-order valence-corrected chi connectivity index (χ1v) is 11.3. The molecule has 0 saturated carbocycles. The SMILES string of the molecule is CCCOc1c(I)cc(/C=C2\SC(=O)N(Cc3ccccc3)C2=O)cc1OCC. The Morgan fingerprint density at radius 1 is 1.10 bits per heavy atom. The van der Waals surface area contributed by atoms with E-state index in [0.717, 1.165) is 32.9 Å². The maximum atomic E-state index is 12.8. The second kappa shape index (κ2) is 10.2. The monoisotopic (exact) mass is 523 g/mol. The lowest BCUT2D eigenvalue weighted by atomic mass is 10.1. The number of halogens is 1. The third kappa shape index (κ3) is 5.33. The van der Waals surface area contributed by atoms with E-state index in [1.165, 1.54) is 4.90 Å². The fourth-order valence-electron chi connectivity index (χ4n) is 2.83. The zero-order valence-corrected chi connectivity index (χ0v) is 19.3. The van der Waals surface area contributed by atoms with E-state index < -0.39 is 0 Å². The van der Waals surface area contributed by atoms with Crippen LogP contribution in [0.2, 0.25) is 0 Å². The zero-order chi connectivity index (χ0) is 20.8. The molecule has 0 bridgehead atoms. The van der Waals surface area contributed by atoms with E-state index in [1.807, 2.05) is 56.3 Å². The average molecular weight is 523 g/mol. The van der Waals surface area contributed by atoms with Crippen LogP contribution in [-0.2, 0) is 11.3 Å². The Morgan fingerprint density at radius 3 is 2.55 bits per heavy atom. The van der Waals surface area contributed by atoms with Gasteiger partial charge in [0.2, 0.25) is 0 Å². The number of rotatable bonds is 8. The van der Waals surface area contributed by atoms with Crippen LogP contribution in [0.1, 0.15) is 31.4 Å². The number of amides is 2. The summed E-state index contributed by atoms with van der Waals surface area (Å²) in [6, 6.07) is 13.3. The number of thioether (sulfide) groups is 1. The van der Waals surface area contributed by atoms with E-state index in [9.17, 15) is 9.59 Å². The molecule has 2 amide bonds. The summed E-state index contributed by atoms with van der Waals surface area (Å²) in [6.07, 6.45) is 2.64. The summed E-state index contributed by atoms with van der Waals surface area (Å²) in [6.45, 7) is 5.35. The van der Waals surface area contributed by atoms with Crippen molar-refractivity contribution in [3.63, 3.8) is 0 Å². The summed E-state index contributed by atoms with van der Waals surface area (Å²) in [5, 5.41) is -0.257. The number of hydrogen-bond acceptors (Lipinski definition) is 5. The van der Waals surface area contributed by atoms with Gasteiger partial charge in [0.25, 0.3) is 11.1 Å². The molecule has 0 radical (unpaired) electrons. The lowest BCUT2D eigenvalue weighted by Gasteiger charge is -2.14. The molecule has 0 atom stereocenters. The maximum absolute atomic E-state index is 12.8. The highest BCUT2D eigenvalue weighted by Crippen LogP contribution is 2.38. The molecule has 0 N–H and O–H groups in total. The topological polar surface area (TPSA) is 55.8 Å². The van der Waals surface area contributed by atoms with Crippen LogP contribution in [0.4, 0.5) is 4.79 Å². The minimum absolute atomic E-state index is 0.257. The normalized spacial score (nSPS) is 15.3. The van der Waals surface area contributed by atoms with Gasteiger partial charge in [-0.05, 0) is 77.0 Å². The van der Waals surface area contributed by atoms with E-state index in [2.05, 4.69) is 22.6 Å². The molecule has 1 saturated heterocycles. The van der Waals surface area contributed by atoms with Gasteiger partial charge in [-0.3, -0.25) is 14.5 Å². The van der Waals surface area contributed by atoms with Crippen LogP contribution < -0.4 is 9.47 Å². The van der Waals surface area contributed by atoms with E-state index >= 15 is 0 Å². The fraction of sp³-hybridized carbons (Fsp3) is 0.273. The fourth-order valence-corrected chi connectivity index (χ4v) is 4.45. The van der Waals surface area contributed by atoms with Crippen LogP contribution in [0.25, 0.3) is 6.08 Å². The van der Waals surface area contributed by atoms with Crippen molar-refractivity contribution in [3.05, 3.63) is 62.1 Å². The summed E-state index contributed by atoms with van der Waals surface area (Å²) >= 11 is 3.17. The van der Waals surface area contributed by atoms with Crippen LogP contribution in [0, 0.1) is 3.57 Å². The Kier molecular flexibility index (Phi) is 7.60. The third-order valence-electron chi connectivity index (χ3n) is 4.14. The van der Waals surface area contributed by atoms with Gasteiger partial charge in [0.05, 0.1) is 28.2 Å². The molecule has 2 aromatic carbocycles. The Hall–Kier alpha value is -2.00. The summed E-state index contributed by atoms with van der Waals surface area (Å²) in [7, 11) is 0. The third-order valence-corrected chi connectivity index (χ3v) is 5.85. The Morgan fingerprint density at radius 2 is 1.86 bits per heavy atom. The van der Waals surface area contributed by atoms with Crippen LogP contribution >= 0.6 is 34.4 Å². The van der Waals surface area contributed by atoms with Crippen LogP contribution in [0.5, 0.6) is 11.5 Å². The van der Waals surface area contributed by atoms with Crippen molar-refractivity contribution in [2.45, 2.75) is 26.8 Å². The summed E-state index contributed by atoms with van der Waals surface area (Å²) in [5.41, 5.74) is 1.72. The lowest BCUT2D eigenvalue weighted by Crippen LogP contribution is -2.27. The molecule has 0 spiro atoms. The first-order valence-electron chi connectivity index (χ1n) is 9.42. The Labute approximate surface area is 188 Å². The second-order valence-electron chi connectivity index (χ2n) is 6.36. The van der Waals surface area contributed by atoms with Crippen molar-refractivity contribution in [1.82, 2.24) is 4.90 Å². The highest BCUT2D eigenvalue weighted by Gasteiger charge is 2.35. The van der Waals surface area contributed by atoms with Crippen molar-refractivity contribution >= 4 is 51.6 Å². The van der Waals surface area contributed by atoms with E-state index in [-0.39, 0.29) is 17.7 Å². The summed E-state index contributed by atoms with van der Waals surface area (Å²) in [5.74, 6) is 1.08. The zero-order valence-electron chi connectivity index (χ0n) is 16.3. The van der Waals surface area contributed by atoms with Crippen molar-refractivity contribution in [3.8, 4) is 11.5 Å². The maximum Gasteiger partial charge on any atom is 0.293 e. The highest BCUT2D eigenvalue weighted by molar-refractivity contribution is 14.1. The first-order chi connectivity index (χ1) is 14.0. The van der Waals surface area contributed by atoms with Gasteiger partial charge in [-0.2, -0.15) is 0 Å². The molecule has 1 aliphatic rings. The number of imide groups is 1. The van der Waals surface area contributed by atoms with Gasteiger partial charge in [0, 0.05) is 0 Å². The molecule has 7 heteroatoms.